The molecule has 21 heavy (non-hydrogen) atoms. The van der Waals surface area contributed by atoms with Gasteiger partial charge in [-0.05, 0) is 12.8 Å². The summed E-state index contributed by atoms with van der Waals surface area (Å²) in [5.41, 5.74) is 5.77. The molecule has 116 valence electrons. The molecular weight excluding hydrogens is 270 g/mol. The topological polar surface area (TPSA) is 102 Å². The monoisotopic (exact) mass is 293 g/mol. The highest BCUT2D eigenvalue weighted by molar-refractivity contribution is 5.93. The SMILES string of the molecule is NCCNC(=O)c1cnn(CC(=O)NC2CCCCC2)c1. The Bertz CT molecular complexity index is 479. The van der Waals surface area contributed by atoms with Crippen LogP contribution in [-0.4, -0.2) is 40.7 Å². The molecule has 1 heterocycles. The predicted octanol–water partition coefficient (Wildman–Crippen LogP) is 0.0205. The normalized spacial score (nSPS) is 15.7. The van der Waals surface area contributed by atoms with Crippen LogP contribution >= 0.6 is 0 Å². The molecule has 0 bridgehead atoms. The van der Waals surface area contributed by atoms with Crippen LogP contribution in [0.25, 0.3) is 0 Å². The Kier molecular flexibility index (Phi) is 5.74. The molecule has 1 fully saturated rings. The van der Waals surface area contributed by atoms with E-state index in [1.54, 1.807) is 6.20 Å². The van der Waals surface area contributed by atoms with Crippen LogP contribution in [-0.2, 0) is 11.3 Å². The van der Waals surface area contributed by atoms with Crippen molar-refractivity contribution in [3.8, 4) is 0 Å². The average Bonchev–Trinajstić information content (AvgIpc) is 2.94. The number of nitrogens with one attached hydrogen (secondary N) is 2. The molecule has 1 aromatic rings. The molecule has 0 unspecified atom stereocenters. The molecule has 7 nitrogen and oxygen atoms in total. The van der Waals surface area contributed by atoms with Crippen molar-refractivity contribution >= 4 is 11.8 Å². The van der Waals surface area contributed by atoms with Gasteiger partial charge >= 0.3 is 0 Å². The Morgan fingerprint density at radius 3 is 2.81 bits per heavy atom. The zero-order chi connectivity index (χ0) is 15.1. The summed E-state index contributed by atoms with van der Waals surface area (Å²) in [5.74, 6) is -0.279. The fourth-order valence-electron chi connectivity index (χ4n) is 2.52. The van der Waals surface area contributed by atoms with E-state index >= 15 is 0 Å². The maximum absolute atomic E-state index is 11.9. The largest absolute Gasteiger partial charge is 0.352 e. The summed E-state index contributed by atoms with van der Waals surface area (Å²) in [5, 5.41) is 9.73. The van der Waals surface area contributed by atoms with Gasteiger partial charge in [0, 0.05) is 25.3 Å². The summed E-state index contributed by atoms with van der Waals surface area (Å²) in [6, 6.07) is 0.286. The number of nitrogens with zero attached hydrogens (tertiary/aromatic N) is 2. The first kappa shape index (κ1) is 15.5. The van der Waals surface area contributed by atoms with Crippen molar-refractivity contribution in [2.75, 3.05) is 13.1 Å². The molecule has 2 amide bonds. The van der Waals surface area contributed by atoms with Crippen molar-refractivity contribution in [2.45, 2.75) is 44.7 Å². The molecule has 0 saturated heterocycles. The molecule has 0 atom stereocenters. The third-order valence-corrected chi connectivity index (χ3v) is 3.60. The molecule has 0 aromatic carbocycles. The molecule has 1 aliphatic carbocycles. The van der Waals surface area contributed by atoms with E-state index in [0.29, 0.717) is 18.7 Å². The lowest BCUT2D eigenvalue weighted by atomic mass is 9.95. The van der Waals surface area contributed by atoms with E-state index in [0.717, 1.165) is 12.8 Å². The van der Waals surface area contributed by atoms with Crippen LogP contribution in [0, 0.1) is 0 Å². The summed E-state index contributed by atoms with van der Waals surface area (Å²) in [6.07, 6.45) is 8.75. The minimum absolute atomic E-state index is 0.0566. The van der Waals surface area contributed by atoms with Gasteiger partial charge in [-0.1, -0.05) is 19.3 Å². The number of hydrogen-bond donors (Lipinski definition) is 3. The summed E-state index contributed by atoms with van der Waals surface area (Å²) in [6.45, 7) is 0.955. The highest BCUT2D eigenvalue weighted by atomic mass is 16.2. The number of carbonyl (C=O) groups excluding carboxylic acids is 2. The second-order valence-electron chi connectivity index (χ2n) is 5.37. The number of amides is 2. The lowest BCUT2D eigenvalue weighted by Crippen LogP contribution is -2.38. The standard InChI is InChI=1S/C14H23N5O2/c15-6-7-16-14(21)11-8-17-19(9-11)10-13(20)18-12-4-2-1-3-5-12/h8-9,12H,1-7,10,15H2,(H,16,21)(H,18,20). The number of aromatic nitrogens is 2. The first-order valence-electron chi connectivity index (χ1n) is 7.49. The van der Waals surface area contributed by atoms with E-state index < -0.39 is 0 Å². The van der Waals surface area contributed by atoms with Crippen molar-refractivity contribution < 1.29 is 9.59 Å². The molecule has 1 saturated carbocycles. The van der Waals surface area contributed by atoms with Crippen molar-refractivity contribution in [1.82, 2.24) is 20.4 Å². The Labute approximate surface area is 124 Å². The average molecular weight is 293 g/mol. The quantitative estimate of drug-likeness (QED) is 0.688. The maximum atomic E-state index is 11.9. The third kappa shape index (κ3) is 4.86. The zero-order valence-corrected chi connectivity index (χ0v) is 12.2. The van der Waals surface area contributed by atoms with E-state index in [1.165, 1.54) is 30.1 Å². The van der Waals surface area contributed by atoms with Crippen molar-refractivity contribution in [2.24, 2.45) is 5.73 Å². The minimum Gasteiger partial charge on any atom is -0.352 e. The van der Waals surface area contributed by atoms with Crippen LogP contribution in [0.2, 0.25) is 0 Å². The van der Waals surface area contributed by atoms with Gasteiger partial charge < -0.3 is 16.4 Å². The van der Waals surface area contributed by atoms with Gasteiger partial charge in [-0.15, -0.1) is 0 Å². The Balaban J connectivity index is 1.81. The lowest BCUT2D eigenvalue weighted by molar-refractivity contribution is -0.122. The summed E-state index contributed by atoms with van der Waals surface area (Å²) in [7, 11) is 0. The van der Waals surface area contributed by atoms with Crippen molar-refractivity contribution in [3.63, 3.8) is 0 Å². The molecule has 2 rings (SSSR count). The molecule has 0 aliphatic heterocycles. The second kappa shape index (κ2) is 7.78. The minimum atomic E-state index is -0.223. The number of nitrogens with two attached hydrogens (primary N) is 1. The summed E-state index contributed by atoms with van der Waals surface area (Å²) in [4.78, 5) is 23.6. The number of rotatable bonds is 6. The van der Waals surface area contributed by atoms with Crippen LogP contribution in [0.1, 0.15) is 42.5 Å². The van der Waals surface area contributed by atoms with Gasteiger partial charge in [-0.25, -0.2) is 0 Å². The van der Waals surface area contributed by atoms with Gasteiger partial charge in [0.05, 0.1) is 11.8 Å². The Hall–Kier alpha value is -1.89. The molecular formula is C14H23N5O2. The van der Waals surface area contributed by atoms with Gasteiger partial charge in [0.15, 0.2) is 0 Å². The fourth-order valence-corrected chi connectivity index (χ4v) is 2.52. The smallest absolute Gasteiger partial charge is 0.254 e. The van der Waals surface area contributed by atoms with E-state index in [2.05, 4.69) is 15.7 Å². The molecule has 4 N–H and O–H groups in total. The van der Waals surface area contributed by atoms with Gasteiger partial charge in [-0.3, -0.25) is 14.3 Å². The second-order valence-corrected chi connectivity index (χ2v) is 5.37. The van der Waals surface area contributed by atoms with Crippen LogP contribution in [0.5, 0.6) is 0 Å². The van der Waals surface area contributed by atoms with Gasteiger partial charge in [-0.2, -0.15) is 5.10 Å². The highest BCUT2D eigenvalue weighted by Gasteiger charge is 2.16. The number of carbonyl (C=O) groups is 2. The Morgan fingerprint density at radius 1 is 1.33 bits per heavy atom. The molecule has 0 spiro atoms. The van der Waals surface area contributed by atoms with Crippen LogP contribution < -0.4 is 16.4 Å². The number of hydrogen-bond acceptors (Lipinski definition) is 4. The fraction of sp³-hybridized carbons (Fsp3) is 0.643. The summed E-state index contributed by atoms with van der Waals surface area (Å²) < 4.78 is 1.48. The molecule has 7 heteroatoms. The highest BCUT2D eigenvalue weighted by Crippen LogP contribution is 2.17. The van der Waals surface area contributed by atoms with Crippen LogP contribution in [0.4, 0.5) is 0 Å². The Morgan fingerprint density at radius 2 is 2.10 bits per heavy atom. The van der Waals surface area contributed by atoms with Gasteiger partial charge in [0.1, 0.15) is 6.54 Å². The first-order valence-corrected chi connectivity index (χ1v) is 7.49. The van der Waals surface area contributed by atoms with Crippen LogP contribution in [0.3, 0.4) is 0 Å². The molecule has 1 aliphatic rings. The predicted molar refractivity (Wildman–Crippen MR) is 78.6 cm³/mol. The van der Waals surface area contributed by atoms with Gasteiger partial charge in [0.2, 0.25) is 5.91 Å². The van der Waals surface area contributed by atoms with Crippen molar-refractivity contribution in [1.29, 1.82) is 0 Å². The van der Waals surface area contributed by atoms with Crippen LogP contribution in [0.15, 0.2) is 12.4 Å². The van der Waals surface area contributed by atoms with E-state index in [9.17, 15) is 9.59 Å². The van der Waals surface area contributed by atoms with Gasteiger partial charge in [0.25, 0.3) is 5.91 Å². The zero-order valence-electron chi connectivity index (χ0n) is 12.2. The van der Waals surface area contributed by atoms with Crippen molar-refractivity contribution in [3.05, 3.63) is 18.0 Å². The maximum Gasteiger partial charge on any atom is 0.254 e. The lowest BCUT2D eigenvalue weighted by Gasteiger charge is -2.22. The van der Waals surface area contributed by atoms with E-state index in [1.807, 2.05) is 0 Å². The summed E-state index contributed by atoms with van der Waals surface area (Å²) >= 11 is 0. The first-order chi connectivity index (χ1) is 10.2. The molecule has 0 radical (unpaired) electrons. The molecule has 1 aromatic heterocycles. The van der Waals surface area contributed by atoms with E-state index in [4.69, 9.17) is 5.73 Å². The van der Waals surface area contributed by atoms with E-state index in [-0.39, 0.29) is 24.4 Å². The third-order valence-electron chi connectivity index (χ3n) is 3.60.